The number of nitrogens with zero attached hydrogens (tertiary/aromatic N) is 2. The standard InChI is InChI=1S/C15H25N3O3/c1-15(13(19)20,11-5-6-11)16-14(21)18-9-3-8-17-7-2-4-12(17)10-18/h11-12H,2-10H2,1H3,(H,16,21)(H,19,20). The number of carboxylic acid groups (broad SMARTS) is 1. The van der Waals surface area contributed by atoms with Crippen molar-refractivity contribution in [1.82, 2.24) is 15.1 Å². The van der Waals surface area contributed by atoms with Crippen molar-refractivity contribution in [2.45, 2.75) is 50.6 Å². The summed E-state index contributed by atoms with van der Waals surface area (Å²) in [4.78, 5) is 28.3. The fourth-order valence-corrected chi connectivity index (χ4v) is 3.68. The summed E-state index contributed by atoms with van der Waals surface area (Å²) in [7, 11) is 0. The molecule has 0 aromatic heterocycles. The predicted molar refractivity (Wildman–Crippen MR) is 78.1 cm³/mol. The van der Waals surface area contributed by atoms with Gasteiger partial charge in [0.25, 0.3) is 0 Å². The van der Waals surface area contributed by atoms with Crippen LogP contribution in [0.4, 0.5) is 4.79 Å². The van der Waals surface area contributed by atoms with Crippen LogP contribution in [0, 0.1) is 5.92 Å². The molecular weight excluding hydrogens is 270 g/mol. The predicted octanol–water partition coefficient (Wildman–Crippen LogP) is 1.12. The molecule has 0 radical (unpaired) electrons. The maximum absolute atomic E-state index is 12.5. The molecule has 2 heterocycles. The van der Waals surface area contributed by atoms with Crippen LogP contribution < -0.4 is 5.32 Å². The number of carboxylic acids is 1. The number of aliphatic carboxylic acids is 1. The molecule has 2 amide bonds. The second-order valence-electron chi connectivity index (χ2n) is 6.84. The summed E-state index contributed by atoms with van der Waals surface area (Å²) in [5, 5.41) is 12.3. The van der Waals surface area contributed by atoms with E-state index >= 15 is 0 Å². The van der Waals surface area contributed by atoms with E-state index in [0.29, 0.717) is 6.04 Å². The van der Waals surface area contributed by atoms with Crippen LogP contribution in [0.15, 0.2) is 0 Å². The molecule has 2 aliphatic heterocycles. The van der Waals surface area contributed by atoms with Gasteiger partial charge in [0.15, 0.2) is 0 Å². The van der Waals surface area contributed by atoms with Crippen LogP contribution in [0.5, 0.6) is 0 Å². The molecule has 0 aromatic rings. The fourth-order valence-electron chi connectivity index (χ4n) is 3.68. The first kappa shape index (κ1) is 14.6. The minimum absolute atomic E-state index is 0.0777. The van der Waals surface area contributed by atoms with Crippen molar-refractivity contribution >= 4 is 12.0 Å². The molecular formula is C15H25N3O3. The first-order valence-electron chi connectivity index (χ1n) is 8.05. The summed E-state index contributed by atoms with van der Waals surface area (Å²) < 4.78 is 0. The van der Waals surface area contributed by atoms with Crippen LogP contribution >= 0.6 is 0 Å². The van der Waals surface area contributed by atoms with Crippen molar-refractivity contribution in [2.24, 2.45) is 5.92 Å². The smallest absolute Gasteiger partial charge is 0.329 e. The number of nitrogens with one attached hydrogen (secondary N) is 1. The molecule has 3 fully saturated rings. The number of carbonyl (C=O) groups is 2. The van der Waals surface area contributed by atoms with Gasteiger partial charge in [-0.1, -0.05) is 0 Å². The summed E-state index contributed by atoms with van der Waals surface area (Å²) in [6, 6.07) is 0.246. The maximum atomic E-state index is 12.5. The largest absolute Gasteiger partial charge is 0.480 e. The molecule has 0 aromatic carbocycles. The molecule has 21 heavy (non-hydrogen) atoms. The number of hydrogen-bond donors (Lipinski definition) is 2. The van der Waals surface area contributed by atoms with E-state index in [1.165, 1.54) is 6.42 Å². The Morgan fingerprint density at radius 2 is 1.86 bits per heavy atom. The lowest BCUT2D eigenvalue weighted by molar-refractivity contribution is -0.144. The van der Waals surface area contributed by atoms with Crippen molar-refractivity contribution in [1.29, 1.82) is 0 Å². The molecule has 1 saturated carbocycles. The Morgan fingerprint density at radius 1 is 1.14 bits per heavy atom. The lowest BCUT2D eigenvalue weighted by Gasteiger charge is -2.31. The van der Waals surface area contributed by atoms with Gasteiger partial charge in [0.1, 0.15) is 5.54 Å². The van der Waals surface area contributed by atoms with Crippen molar-refractivity contribution in [3.63, 3.8) is 0 Å². The van der Waals surface area contributed by atoms with E-state index in [0.717, 1.165) is 51.9 Å². The van der Waals surface area contributed by atoms with Gasteiger partial charge in [-0.3, -0.25) is 4.90 Å². The Morgan fingerprint density at radius 3 is 2.52 bits per heavy atom. The molecule has 2 unspecified atom stereocenters. The molecule has 2 atom stereocenters. The van der Waals surface area contributed by atoms with Gasteiger partial charge in [-0.15, -0.1) is 0 Å². The van der Waals surface area contributed by atoms with E-state index in [-0.39, 0.29) is 11.9 Å². The van der Waals surface area contributed by atoms with Crippen molar-refractivity contribution in [3.05, 3.63) is 0 Å². The Bertz CT molecular complexity index is 438. The molecule has 3 aliphatic rings. The lowest BCUT2D eigenvalue weighted by atomic mass is 9.96. The highest BCUT2D eigenvalue weighted by atomic mass is 16.4. The first-order chi connectivity index (χ1) is 10.0. The molecule has 6 nitrogen and oxygen atoms in total. The van der Waals surface area contributed by atoms with Crippen LogP contribution in [0.3, 0.4) is 0 Å². The van der Waals surface area contributed by atoms with E-state index in [1.807, 2.05) is 4.90 Å². The lowest BCUT2D eigenvalue weighted by Crippen LogP contribution is -2.58. The van der Waals surface area contributed by atoms with Crippen LogP contribution in [0.2, 0.25) is 0 Å². The number of rotatable bonds is 3. The Hall–Kier alpha value is -1.30. The van der Waals surface area contributed by atoms with E-state index in [9.17, 15) is 14.7 Å². The van der Waals surface area contributed by atoms with Crippen molar-refractivity contribution < 1.29 is 14.7 Å². The van der Waals surface area contributed by atoms with Gasteiger partial charge in [0, 0.05) is 25.7 Å². The zero-order chi connectivity index (χ0) is 15.0. The molecule has 1 aliphatic carbocycles. The van der Waals surface area contributed by atoms with Gasteiger partial charge < -0.3 is 15.3 Å². The van der Waals surface area contributed by atoms with Crippen molar-refractivity contribution in [2.75, 3.05) is 26.2 Å². The van der Waals surface area contributed by atoms with Gasteiger partial charge in [0.05, 0.1) is 0 Å². The van der Waals surface area contributed by atoms with Gasteiger partial charge >= 0.3 is 12.0 Å². The average molecular weight is 295 g/mol. The molecule has 2 N–H and O–H groups in total. The highest BCUT2D eigenvalue weighted by Gasteiger charge is 2.49. The van der Waals surface area contributed by atoms with E-state index < -0.39 is 11.5 Å². The zero-order valence-electron chi connectivity index (χ0n) is 12.7. The molecule has 3 rings (SSSR count). The van der Waals surface area contributed by atoms with Gasteiger partial charge in [-0.25, -0.2) is 9.59 Å². The quantitative estimate of drug-likeness (QED) is 0.818. The second kappa shape index (κ2) is 5.48. The number of amides is 2. The SMILES string of the molecule is CC(NC(=O)N1CCCN2CCCC2C1)(C(=O)O)C1CC1. The van der Waals surface area contributed by atoms with E-state index in [4.69, 9.17) is 0 Å². The van der Waals surface area contributed by atoms with Crippen molar-refractivity contribution in [3.8, 4) is 0 Å². The summed E-state index contributed by atoms with van der Waals surface area (Å²) in [6.07, 6.45) is 5.09. The number of fused-ring (bicyclic) bond motifs is 1. The monoisotopic (exact) mass is 295 g/mol. The first-order valence-corrected chi connectivity index (χ1v) is 8.05. The maximum Gasteiger partial charge on any atom is 0.329 e. The normalized spacial score (nSPS) is 29.4. The third kappa shape index (κ3) is 2.86. The third-order valence-corrected chi connectivity index (χ3v) is 5.30. The summed E-state index contributed by atoms with van der Waals surface area (Å²) in [6.45, 7) is 5.28. The molecule has 6 heteroatoms. The fraction of sp³-hybridized carbons (Fsp3) is 0.867. The van der Waals surface area contributed by atoms with E-state index in [2.05, 4.69) is 10.2 Å². The van der Waals surface area contributed by atoms with Gasteiger partial charge in [0.2, 0.25) is 0 Å². The summed E-state index contributed by atoms with van der Waals surface area (Å²) >= 11 is 0. The van der Waals surface area contributed by atoms with Crippen LogP contribution in [-0.2, 0) is 4.79 Å². The third-order valence-electron chi connectivity index (χ3n) is 5.30. The molecule has 0 bridgehead atoms. The number of urea groups is 1. The molecule has 118 valence electrons. The van der Waals surface area contributed by atoms with Crippen LogP contribution in [0.1, 0.15) is 39.0 Å². The minimum atomic E-state index is -1.11. The number of carbonyl (C=O) groups excluding carboxylic acids is 1. The second-order valence-corrected chi connectivity index (χ2v) is 6.84. The molecule has 2 saturated heterocycles. The number of hydrogen-bond acceptors (Lipinski definition) is 3. The minimum Gasteiger partial charge on any atom is -0.480 e. The van der Waals surface area contributed by atoms with Gasteiger partial charge in [-0.2, -0.15) is 0 Å². The van der Waals surface area contributed by atoms with Gasteiger partial charge in [-0.05, 0) is 51.5 Å². The van der Waals surface area contributed by atoms with E-state index in [1.54, 1.807) is 6.92 Å². The Kier molecular flexibility index (Phi) is 3.82. The summed E-state index contributed by atoms with van der Waals surface area (Å²) in [5.74, 6) is -0.843. The average Bonchev–Trinajstić information content (AvgIpc) is 3.23. The highest BCUT2D eigenvalue weighted by molar-refractivity contribution is 5.86. The Balaban J connectivity index is 1.65. The highest BCUT2D eigenvalue weighted by Crippen LogP contribution is 2.39. The van der Waals surface area contributed by atoms with Crippen LogP contribution in [-0.4, -0.2) is 64.7 Å². The van der Waals surface area contributed by atoms with Crippen LogP contribution in [0.25, 0.3) is 0 Å². The molecule has 0 spiro atoms. The Labute approximate surface area is 125 Å². The topological polar surface area (TPSA) is 72.9 Å². The summed E-state index contributed by atoms with van der Waals surface area (Å²) in [5.41, 5.74) is -1.11. The zero-order valence-corrected chi connectivity index (χ0v) is 12.7.